The van der Waals surface area contributed by atoms with Gasteiger partial charge in [0, 0.05) is 43.5 Å². The lowest BCUT2D eigenvalue weighted by molar-refractivity contribution is 0.0773. The second-order valence-corrected chi connectivity index (χ2v) is 7.46. The van der Waals surface area contributed by atoms with E-state index in [1.165, 1.54) is 0 Å². The third-order valence-corrected chi connectivity index (χ3v) is 5.69. The van der Waals surface area contributed by atoms with Crippen LogP contribution in [0.25, 0.3) is 0 Å². The Hall–Kier alpha value is -3.02. The van der Waals surface area contributed by atoms with Gasteiger partial charge in [0.1, 0.15) is 5.75 Å². The Kier molecular flexibility index (Phi) is 7.33. The van der Waals surface area contributed by atoms with Crippen molar-refractivity contribution in [1.82, 2.24) is 10.2 Å². The van der Waals surface area contributed by atoms with Gasteiger partial charge in [-0.2, -0.15) is 0 Å². The van der Waals surface area contributed by atoms with Crippen LogP contribution < -0.4 is 15.0 Å². The number of carbonyl (C=O) groups excluding carboxylic acids is 2. The molecule has 0 radical (unpaired) electrons. The summed E-state index contributed by atoms with van der Waals surface area (Å²) < 4.78 is 5.20. The van der Waals surface area contributed by atoms with Gasteiger partial charge in [-0.25, -0.2) is 0 Å². The van der Waals surface area contributed by atoms with E-state index in [0.29, 0.717) is 24.4 Å². The zero-order chi connectivity index (χ0) is 21.5. The number of amides is 2. The minimum absolute atomic E-state index is 0.0732. The minimum atomic E-state index is -0.0792. The first-order valence-electron chi connectivity index (χ1n) is 10.7. The van der Waals surface area contributed by atoms with E-state index >= 15 is 0 Å². The number of hydrogen-bond donors (Lipinski definition) is 1. The van der Waals surface area contributed by atoms with E-state index in [0.717, 1.165) is 37.2 Å². The van der Waals surface area contributed by atoms with Gasteiger partial charge in [-0.05, 0) is 57.0 Å². The second kappa shape index (κ2) is 10.1. The summed E-state index contributed by atoms with van der Waals surface area (Å²) in [7, 11) is 1.59. The van der Waals surface area contributed by atoms with Crippen molar-refractivity contribution in [3.05, 3.63) is 59.7 Å². The van der Waals surface area contributed by atoms with Crippen LogP contribution in [0.5, 0.6) is 5.75 Å². The zero-order valence-electron chi connectivity index (χ0n) is 18.1. The van der Waals surface area contributed by atoms with Gasteiger partial charge in [0.2, 0.25) is 0 Å². The zero-order valence-corrected chi connectivity index (χ0v) is 18.1. The van der Waals surface area contributed by atoms with Gasteiger partial charge in [0.05, 0.1) is 12.7 Å². The number of piperidine rings is 1. The highest BCUT2D eigenvalue weighted by molar-refractivity contribution is 6.00. The van der Waals surface area contributed by atoms with Crippen molar-refractivity contribution >= 4 is 17.5 Å². The van der Waals surface area contributed by atoms with Crippen LogP contribution in [-0.2, 0) is 0 Å². The van der Waals surface area contributed by atoms with Crippen molar-refractivity contribution in [2.24, 2.45) is 0 Å². The number of hydrogen-bond acceptors (Lipinski definition) is 4. The summed E-state index contributed by atoms with van der Waals surface area (Å²) in [6.45, 7) is 6.99. The van der Waals surface area contributed by atoms with Crippen molar-refractivity contribution in [3.8, 4) is 5.75 Å². The predicted octanol–water partition coefficient (Wildman–Crippen LogP) is 3.58. The Morgan fingerprint density at radius 3 is 2.43 bits per heavy atom. The normalized spacial score (nSPS) is 14.3. The first-order chi connectivity index (χ1) is 14.6. The summed E-state index contributed by atoms with van der Waals surface area (Å²) in [4.78, 5) is 29.6. The first kappa shape index (κ1) is 21.7. The molecule has 0 unspecified atom stereocenters. The van der Waals surface area contributed by atoms with Crippen molar-refractivity contribution in [2.75, 3.05) is 38.2 Å². The molecule has 6 heteroatoms. The number of nitrogens with zero attached hydrogens (tertiary/aromatic N) is 2. The lowest BCUT2D eigenvalue weighted by atomic mass is 10.0. The highest BCUT2D eigenvalue weighted by Crippen LogP contribution is 2.26. The molecule has 1 saturated heterocycles. The van der Waals surface area contributed by atoms with Crippen LogP contribution in [-0.4, -0.2) is 56.0 Å². The number of nitrogens with one attached hydrogen (secondary N) is 1. The number of carbonyl (C=O) groups is 2. The smallest absolute Gasteiger partial charge is 0.255 e. The van der Waals surface area contributed by atoms with Gasteiger partial charge in [-0.1, -0.05) is 18.2 Å². The molecule has 160 valence electrons. The monoisotopic (exact) mass is 409 g/mol. The molecule has 0 saturated carbocycles. The lowest BCUT2D eigenvalue weighted by Gasteiger charge is -2.35. The van der Waals surface area contributed by atoms with Crippen LogP contribution in [0.15, 0.2) is 48.5 Å². The highest BCUT2D eigenvalue weighted by atomic mass is 16.5. The maximum atomic E-state index is 12.9. The van der Waals surface area contributed by atoms with E-state index in [2.05, 4.69) is 10.2 Å². The summed E-state index contributed by atoms with van der Waals surface area (Å²) in [6.07, 6.45) is 1.67. The van der Waals surface area contributed by atoms with E-state index in [9.17, 15) is 9.59 Å². The van der Waals surface area contributed by atoms with E-state index in [1.807, 2.05) is 55.1 Å². The Labute approximate surface area is 178 Å². The molecule has 1 heterocycles. The maximum Gasteiger partial charge on any atom is 0.255 e. The van der Waals surface area contributed by atoms with E-state index in [-0.39, 0.29) is 17.9 Å². The number of rotatable bonds is 7. The van der Waals surface area contributed by atoms with Crippen LogP contribution in [0.3, 0.4) is 0 Å². The van der Waals surface area contributed by atoms with Crippen LogP contribution in [0.2, 0.25) is 0 Å². The van der Waals surface area contributed by atoms with Crippen LogP contribution in [0.4, 0.5) is 5.69 Å². The van der Waals surface area contributed by atoms with Crippen LogP contribution in [0.1, 0.15) is 47.4 Å². The third kappa shape index (κ3) is 4.93. The molecule has 1 aliphatic heterocycles. The topological polar surface area (TPSA) is 61.9 Å². The van der Waals surface area contributed by atoms with Gasteiger partial charge in [-0.15, -0.1) is 0 Å². The molecule has 0 aliphatic carbocycles. The van der Waals surface area contributed by atoms with Crippen LogP contribution in [0, 0.1) is 0 Å². The van der Waals surface area contributed by atoms with Crippen molar-refractivity contribution in [2.45, 2.75) is 32.7 Å². The number of para-hydroxylation sites is 1. The molecule has 0 aromatic heterocycles. The number of ether oxygens (including phenoxy) is 1. The fraction of sp³-hybridized carbons (Fsp3) is 0.417. The Morgan fingerprint density at radius 1 is 1.07 bits per heavy atom. The Bertz CT molecular complexity index is 872. The molecule has 3 rings (SSSR count). The molecule has 0 bridgehead atoms. The van der Waals surface area contributed by atoms with Crippen LogP contribution >= 0.6 is 0 Å². The third-order valence-electron chi connectivity index (χ3n) is 5.69. The van der Waals surface area contributed by atoms with Gasteiger partial charge in [-0.3, -0.25) is 9.59 Å². The minimum Gasteiger partial charge on any atom is -0.497 e. The van der Waals surface area contributed by atoms with Gasteiger partial charge >= 0.3 is 0 Å². The number of methoxy groups -OCH3 is 1. The molecule has 0 atom stereocenters. The summed E-state index contributed by atoms with van der Waals surface area (Å²) in [5.74, 6) is 0.667. The summed E-state index contributed by atoms with van der Waals surface area (Å²) in [5, 5.41) is 3.14. The molecule has 1 fully saturated rings. The Morgan fingerprint density at radius 2 is 1.77 bits per heavy atom. The standard InChI is InChI=1S/C24H31N3O3/c1-4-26(5-2)24(29)21-11-6-7-12-22(21)27-15-13-19(14-16-27)25-23(28)18-9-8-10-20(17-18)30-3/h6-12,17,19H,4-5,13-16H2,1-3H3,(H,25,28). The Balaban J connectivity index is 1.63. The van der Waals surface area contributed by atoms with E-state index in [1.54, 1.807) is 19.2 Å². The average molecular weight is 410 g/mol. The molecule has 1 aliphatic rings. The predicted molar refractivity (Wildman–Crippen MR) is 119 cm³/mol. The summed E-state index contributed by atoms with van der Waals surface area (Å²) >= 11 is 0. The quantitative estimate of drug-likeness (QED) is 0.759. The summed E-state index contributed by atoms with van der Waals surface area (Å²) in [6, 6.07) is 15.1. The van der Waals surface area contributed by atoms with Gasteiger partial charge < -0.3 is 19.9 Å². The van der Waals surface area contributed by atoms with Crippen molar-refractivity contribution in [3.63, 3.8) is 0 Å². The molecule has 30 heavy (non-hydrogen) atoms. The molecule has 2 aromatic rings. The second-order valence-electron chi connectivity index (χ2n) is 7.46. The van der Waals surface area contributed by atoms with Crippen molar-refractivity contribution < 1.29 is 14.3 Å². The maximum absolute atomic E-state index is 12.9. The number of anilines is 1. The largest absolute Gasteiger partial charge is 0.497 e. The number of benzene rings is 2. The van der Waals surface area contributed by atoms with Gasteiger partial charge in [0.15, 0.2) is 0 Å². The fourth-order valence-corrected chi connectivity index (χ4v) is 3.91. The molecular weight excluding hydrogens is 378 g/mol. The average Bonchev–Trinajstić information content (AvgIpc) is 2.80. The van der Waals surface area contributed by atoms with Gasteiger partial charge in [0.25, 0.3) is 11.8 Å². The SMILES string of the molecule is CCN(CC)C(=O)c1ccccc1N1CCC(NC(=O)c2cccc(OC)c2)CC1. The van der Waals surface area contributed by atoms with E-state index < -0.39 is 0 Å². The fourth-order valence-electron chi connectivity index (χ4n) is 3.91. The molecule has 1 N–H and O–H groups in total. The van der Waals surface area contributed by atoms with Crippen molar-refractivity contribution in [1.29, 1.82) is 0 Å². The lowest BCUT2D eigenvalue weighted by Crippen LogP contribution is -2.45. The molecule has 2 aromatic carbocycles. The molecule has 0 spiro atoms. The van der Waals surface area contributed by atoms with E-state index in [4.69, 9.17) is 4.74 Å². The molecule has 2 amide bonds. The highest BCUT2D eigenvalue weighted by Gasteiger charge is 2.25. The summed E-state index contributed by atoms with van der Waals surface area (Å²) in [5.41, 5.74) is 2.33. The molecule has 6 nitrogen and oxygen atoms in total. The first-order valence-corrected chi connectivity index (χ1v) is 10.7. The molecular formula is C24H31N3O3.